The highest BCUT2D eigenvalue weighted by atomic mass is 16.3. The van der Waals surface area contributed by atoms with Gasteiger partial charge in [-0.05, 0) is 79.1 Å². The Labute approximate surface area is 184 Å². The van der Waals surface area contributed by atoms with Crippen molar-refractivity contribution in [1.82, 2.24) is 0 Å². The Morgan fingerprint density at radius 1 is 0.967 bits per heavy atom. The normalized spacial score (nSPS) is 47.1. The van der Waals surface area contributed by atoms with E-state index in [2.05, 4.69) is 34.6 Å². The van der Waals surface area contributed by atoms with Gasteiger partial charge in [0.1, 0.15) is 0 Å². The summed E-state index contributed by atoms with van der Waals surface area (Å²) in [7, 11) is 0. The number of allylic oxidation sites excluding steroid dienone is 1. The first kappa shape index (κ1) is 22.6. The molecule has 3 nitrogen and oxygen atoms in total. The lowest BCUT2D eigenvalue weighted by atomic mass is 9.45. The SMILES string of the molecule is CC(C)CCC[C@@H](C)[C@H]1CC[C@H]2C3=C(O)CC4(O)CC(O)CC[C@]4(C)[C@H]3CC[C@]12C. The molecule has 172 valence electrons. The summed E-state index contributed by atoms with van der Waals surface area (Å²) in [5.41, 5.74) is 0.426. The van der Waals surface area contributed by atoms with Crippen molar-refractivity contribution >= 4 is 0 Å². The fraction of sp³-hybridized carbons (Fsp3) is 0.926. The molecule has 3 N–H and O–H groups in total. The largest absolute Gasteiger partial charge is 0.512 e. The molecule has 0 aromatic carbocycles. The van der Waals surface area contributed by atoms with E-state index >= 15 is 0 Å². The Hall–Kier alpha value is -0.540. The third kappa shape index (κ3) is 3.38. The lowest BCUT2D eigenvalue weighted by Gasteiger charge is -2.61. The van der Waals surface area contributed by atoms with Crippen molar-refractivity contribution in [2.24, 2.45) is 40.4 Å². The van der Waals surface area contributed by atoms with Gasteiger partial charge in [0.2, 0.25) is 0 Å². The average Bonchev–Trinajstić information content (AvgIpc) is 3.00. The molecule has 0 spiro atoms. The second-order valence-electron chi connectivity index (χ2n) is 12.6. The Morgan fingerprint density at radius 2 is 1.70 bits per heavy atom. The van der Waals surface area contributed by atoms with Crippen LogP contribution in [0.15, 0.2) is 11.3 Å². The number of rotatable bonds is 5. The first-order valence-electron chi connectivity index (χ1n) is 12.8. The van der Waals surface area contributed by atoms with Crippen LogP contribution in [0.5, 0.6) is 0 Å². The molecule has 0 bridgehead atoms. The third-order valence-electron chi connectivity index (χ3n) is 10.5. The van der Waals surface area contributed by atoms with Gasteiger partial charge in [-0.25, -0.2) is 0 Å². The van der Waals surface area contributed by atoms with E-state index in [1.807, 2.05) is 0 Å². The molecule has 2 unspecified atom stereocenters. The second-order valence-corrected chi connectivity index (χ2v) is 12.6. The summed E-state index contributed by atoms with van der Waals surface area (Å²) in [6, 6.07) is 0. The van der Waals surface area contributed by atoms with Crippen molar-refractivity contribution in [1.29, 1.82) is 0 Å². The fourth-order valence-electron chi connectivity index (χ4n) is 8.61. The van der Waals surface area contributed by atoms with Crippen LogP contribution in [0.4, 0.5) is 0 Å². The predicted octanol–water partition coefficient (Wildman–Crippen LogP) is 6.39. The standard InChI is InChI=1S/C27H46O3/c1-17(2)7-6-8-18(3)20-9-10-21-24-22(12-13-25(20,21)4)26(5)14-11-19(28)15-27(26,30)16-23(24)29/h17-22,28-30H,6-16H2,1-5H3/t18-,19?,20-,21+,22+,25-,26-,27?/m1/s1. The molecule has 4 rings (SSSR count). The Kier molecular flexibility index (Phi) is 5.89. The van der Waals surface area contributed by atoms with Gasteiger partial charge in [-0.3, -0.25) is 0 Å². The van der Waals surface area contributed by atoms with Crippen LogP contribution in [0.25, 0.3) is 0 Å². The quantitative estimate of drug-likeness (QED) is 0.485. The molecule has 3 heteroatoms. The van der Waals surface area contributed by atoms with E-state index in [1.165, 1.54) is 44.1 Å². The van der Waals surface area contributed by atoms with Crippen LogP contribution in [0.3, 0.4) is 0 Å². The molecule has 0 heterocycles. The van der Waals surface area contributed by atoms with Crippen molar-refractivity contribution in [2.75, 3.05) is 0 Å². The minimum absolute atomic E-state index is 0.212. The molecule has 0 saturated heterocycles. The predicted molar refractivity (Wildman–Crippen MR) is 122 cm³/mol. The van der Waals surface area contributed by atoms with Crippen LogP contribution >= 0.6 is 0 Å². The lowest BCUT2D eigenvalue weighted by molar-refractivity contribution is -0.176. The molecule has 3 saturated carbocycles. The molecule has 0 amide bonds. The number of hydrogen-bond donors (Lipinski definition) is 3. The van der Waals surface area contributed by atoms with E-state index in [1.54, 1.807) is 0 Å². The van der Waals surface area contributed by atoms with Crippen LogP contribution in [0.1, 0.15) is 105 Å². The zero-order valence-corrected chi connectivity index (χ0v) is 20.1. The number of aliphatic hydroxyl groups is 3. The van der Waals surface area contributed by atoms with Crippen molar-refractivity contribution in [2.45, 2.75) is 117 Å². The van der Waals surface area contributed by atoms with E-state index in [0.717, 1.165) is 37.0 Å². The van der Waals surface area contributed by atoms with Gasteiger partial charge in [0.05, 0.1) is 17.5 Å². The van der Waals surface area contributed by atoms with Gasteiger partial charge >= 0.3 is 0 Å². The van der Waals surface area contributed by atoms with Gasteiger partial charge in [0, 0.05) is 18.3 Å². The van der Waals surface area contributed by atoms with Gasteiger partial charge in [-0.2, -0.15) is 0 Å². The Morgan fingerprint density at radius 3 is 2.40 bits per heavy atom. The summed E-state index contributed by atoms with van der Waals surface area (Å²) in [5.74, 6) is 3.51. The fourth-order valence-corrected chi connectivity index (χ4v) is 8.61. The average molecular weight is 419 g/mol. The number of hydrogen-bond acceptors (Lipinski definition) is 3. The van der Waals surface area contributed by atoms with Gasteiger partial charge in [0.15, 0.2) is 0 Å². The van der Waals surface area contributed by atoms with E-state index in [-0.39, 0.29) is 16.7 Å². The monoisotopic (exact) mass is 418 g/mol. The first-order valence-corrected chi connectivity index (χ1v) is 12.8. The maximum Gasteiger partial charge on any atom is 0.0949 e. The van der Waals surface area contributed by atoms with Gasteiger partial charge in [-0.1, -0.05) is 53.9 Å². The van der Waals surface area contributed by atoms with Gasteiger partial charge in [-0.15, -0.1) is 0 Å². The molecule has 3 fully saturated rings. The molecular formula is C27H46O3. The molecule has 30 heavy (non-hydrogen) atoms. The summed E-state index contributed by atoms with van der Waals surface area (Å²) >= 11 is 0. The topological polar surface area (TPSA) is 60.7 Å². The Balaban J connectivity index is 1.59. The highest BCUT2D eigenvalue weighted by Crippen LogP contribution is 2.68. The smallest absolute Gasteiger partial charge is 0.0949 e. The van der Waals surface area contributed by atoms with Gasteiger partial charge < -0.3 is 15.3 Å². The molecule has 0 aromatic heterocycles. The van der Waals surface area contributed by atoms with E-state index < -0.39 is 11.7 Å². The minimum Gasteiger partial charge on any atom is -0.512 e. The molecule has 0 aromatic rings. The molecule has 0 aliphatic heterocycles. The number of fused-ring (bicyclic) bond motifs is 5. The van der Waals surface area contributed by atoms with E-state index in [4.69, 9.17) is 0 Å². The molecule has 4 aliphatic carbocycles. The van der Waals surface area contributed by atoms with Gasteiger partial charge in [0.25, 0.3) is 0 Å². The number of aliphatic hydroxyl groups excluding tert-OH is 2. The van der Waals surface area contributed by atoms with Crippen LogP contribution in [-0.4, -0.2) is 27.0 Å². The lowest BCUT2D eigenvalue weighted by Crippen LogP contribution is -2.60. The summed E-state index contributed by atoms with van der Waals surface area (Å²) in [6.07, 6.45) is 10.7. The molecule has 8 atom stereocenters. The summed E-state index contributed by atoms with van der Waals surface area (Å²) in [4.78, 5) is 0. The van der Waals surface area contributed by atoms with Crippen LogP contribution in [0, 0.1) is 40.4 Å². The summed E-state index contributed by atoms with van der Waals surface area (Å²) < 4.78 is 0. The van der Waals surface area contributed by atoms with Crippen LogP contribution in [-0.2, 0) is 0 Å². The molecule has 4 aliphatic rings. The summed E-state index contributed by atoms with van der Waals surface area (Å²) in [5, 5.41) is 33.0. The van der Waals surface area contributed by atoms with E-state index in [9.17, 15) is 15.3 Å². The zero-order valence-electron chi connectivity index (χ0n) is 20.1. The van der Waals surface area contributed by atoms with Crippen molar-refractivity contribution in [3.63, 3.8) is 0 Å². The minimum atomic E-state index is -0.960. The van der Waals surface area contributed by atoms with Crippen molar-refractivity contribution < 1.29 is 15.3 Å². The Bertz CT molecular complexity index is 684. The third-order valence-corrected chi connectivity index (χ3v) is 10.5. The van der Waals surface area contributed by atoms with E-state index in [0.29, 0.717) is 24.5 Å². The van der Waals surface area contributed by atoms with Crippen LogP contribution in [0.2, 0.25) is 0 Å². The molecular weight excluding hydrogens is 372 g/mol. The van der Waals surface area contributed by atoms with Crippen molar-refractivity contribution in [3.05, 3.63) is 11.3 Å². The maximum atomic E-state index is 11.6. The molecule has 0 radical (unpaired) electrons. The highest BCUT2D eigenvalue weighted by molar-refractivity contribution is 5.33. The summed E-state index contributed by atoms with van der Waals surface area (Å²) in [6.45, 7) is 11.9. The first-order chi connectivity index (χ1) is 14.0. The van der Waals surface area contributed by atoms with Crippen LogP contribution < -0.4 is 0 Å². The second kappa shape index (κ2) is 7.80. The van der Waals surface area contributed by atoms with Crippen molar-refractivity contribution in [3.8, 4) is 0 Å². The zero-order chi connectivity index (χ0) is 21.9. The highest BCUT2D eigenvalue weighted by Gasteiger charge is 2.64. The maximum absolute atomic E-state index is 11.6.